The Morgan fingerprint density at radius 1 is 1.22 bits per heavy atom. The van der Waals surface area contributed by atoms with E-state index in [0.717, 1.165) is 32.9 Å². The standard InChI is InChI=1S/C14H16IN3/c1-4-10-7-5-6-8-11(10)13-17-9(2)12(15)14(16-3)18-13/h5-8H,4H2,1-3H3,(H,16,17,18). The van der Waals surface area contributed by atoms with E-state index < -0.39 is 0 Å². The summed E-state index contributed by atoms with van der Waals surface area (Å²) in [4.78, 5) is 9.20. The molecular weight excluding hydrogens is 337 g/mol. The topological polar surface area (TPSA) is 37.8 Å². The molecule has 1 aromatic carbocycles. The van der Waals surface area contributed by atoms with Gasteiger partial charge in [0.1, 0.15) is 5.82 Å². The quantitative estimate of drug-likeness (QED) is 0.856. The summed E-state index contributed by atoms with van der Waals surface area (Å²) in [6.45, 7) is 4.17. The first-order chi connectivity index (χ1) is 8.67. The summed E-state index contributed by atoms with van der Waals surface area (Å²) in [7, 11) is 1.89. The molecule has 0 bridgehead atoms. The minimum absolute atomic E-state index is 0.801. The van der Waals surface area contributed by atoms with E-state index >= 15 is 0 Å². The predicted molar refractivity (Wildman–Crippen MR) is 83.8 cm³/mol. The number of halogens is 1. The molecule has 0 atom stereocenters. The molecule has 0 fully saturated rings. The lowest BCUT2D eigenvalue weighted by Gasteiger charge is -2.11. The van der Waals surface area contributed by atoms with Gasteiger partial charge >= 0.3 is 0 Å². The second-order valence-corrected chi connectivity index (χ2v) is 5.13. The van der Waals surface area contributed by atoms with Crippen molar-refractivity contribution in [3.63, 3.8) is 0 Å². The molecular formula is C14H16IN3. The maximum absolute atomic E-state index is 4.60. The maximum atomic E-state index is 4.60. The summed E-state index contributed by atoms with van der Waals surface area (Å²) < 4.78 is 1.08. The van der Waals surface area contributed by atoms with Crippen molar-refractivity contribution in [3.8, 4) is 11.4 Å². The number of aryl methyl sites for hydroxylation is 2. The van der Waals surface area contributed by atoms with Crippen LogP contribution in [0, 0.1) is 10.5 Å². The van der Waals surface area contributed by atoms with E-state index in [2.05, 4.69) is 63.0 Å². The van der Waals surface area contributed by atoms with Crippen LogP contribution < -0.4 is 5.32 Å². The number of hydrogen-bond donors (Lipinski definition) is 1. The molecule has 94 valence electrons. The molecule has 0 amide bonds. The van der Waals surface area contributed by atoms with Crippen LogP contribution in [0.25, 0.3) is 11.4 Å². The maximum Gasteiger partial charge on any atom is 0.162 e. The van der Waals surface area contributed by atoms with E-state index in [4.69, 9.17) is 0 Å². The van der Waals surface area contributed by atoms with Crippen molar-refractivity contribution in [2.45, 2.75) is 20.3 Å². The summed E-state index contributed by atoms with van der Waals surface area (Å²) in [6.07, 6.45) is 0.986. The molecule has 1 heterocycles. The highest BCUT2D eigenvalue weighted by Crippen LogP contribution is 2.25. The third-order valence-electron chi connectivity index (χ3n) is 2.89. The fourth-order valence-corrected chi connectivity index (χ4v) is 2.40. The predicted octanol–water partition coefficient (Wildman–Crippen LogP) is 3.66. The van der Waals surface area contributed by atoms with Crippen LogP contribution in [0.5, 0.6) is 0 Å². The van der Waals surface area contributed by atoms with Crippen LogP contribution in [0.1, 0.15) is 18.2 Å². The number of aromatic nitrogens is 2. The first kappa shape index (κ1) is 13.3. The second kappa shape index (κ2) is 5.65. The van der Waals surface area contributed by atoms with Crippen LogP contribution >= 0.6 is 22.6 Å². The van der Waals surface area contributed by atoms with E-state index in [0.29, 0.717) is 0 Å². The third-order valence-corrected chi connectivity index (χ3v) is 4.18. The van der Waals surface area contributed by atoms with Gasteiger partial charge in [-0.05, 0) is 41.5 Å². The fourth-order valence-electron chi connectivity index (χ4n) is 1.89. The van der Waals surface area contributed by atoms with Gasteiger partial charge in [0.05, 0.1) is 9.26 Å². The summed E-state index contributed by atoms with van der Waals surface area (Å²) in [5.41, 5.74) is 3.41. The first-order valence-corrected chi connectivity index (χ1v) is 7.05. The van der Waals surface area contributed by atoms with Gasteiger partial charge in [0.15, 0.2) is 5.82 Å². The molecule has 18 heavy (non-hydrogen) atoms. The Hall–Kier alpha value is -1.17. The fraction of sp³-hybridized carbons (Fsp3) is 0.286. The van der Waals surface area contributed by atoms with Gasteiger partial charge in [-0.15, -0.1) is 0 Å². The highest BCUT2D eigenvalue weighted by atomic mass is 127. The first-order valence-electron chi connectivity index (χ1n) is 5.97. The average molecular weight is 353 g/mol. The lowest BCUT2D eigenvalue weighted by molar-refractivity contribution is 1.07. The Balaban J connectivity index is 2.61. The van der Waals surface area contributed by atoms with Crippen LogP contribution in [0.2, 0.25) is 0 Å². The molecule has 1 N–H and O–H groups in total. The molecule has 0 aliphatic carbocycles. The van der Waals surface area contributed by atoms with Gasteiger partial charge in [-0.3, -0.25) is 0 Å². The number of rotatable bonds is 3. The molecule has 0 aliphatic heterocycles. The van der Waals surface area contributed by atoms with Crippen molar-refractivity contribution < 1.29 is 0 Å². The third kappa shape index (κ3) is 2.48. The lowest BCUT2D eigenvalue weighted by atomic mass is 10.0. The molecule has 3 nitrogen and oxygen atoms in total. The number of nitrogens with zero attached hydrogens (tertiary/aromatic N) is 2. The second-order valence-electron chi connectivity index (χ2n) is 4.06. The molecule has 0 aliphatic rings. The lowest BCUT2D eigenvalue weighted by Crippen LogP contribution is -2.03. The zero-order valence-corrected chi connectivity index (χ0v) is 12.9. The van der Waals surface area contributed by atoms with Crippen molar-refractivity contribution >= 4 is 28.4 Å². The molecule has 4 heteroatoms. The number of nitrogens with one attached hydrogen (secondary N) is 1. The van der Waals surface area contributed by atoms with Crippen LogP contribution in [-0.4, -0.2) is 17.0 Å². The average Bonchev–Trinajstić information content (AvgIpc) is 2.41. The Kier molecular flexibility index (Phi) is 4.16. The van der Waals surface area contributed by atoms with E-state index in [1.165, 1.54) is 5.56 Å². The van der Waals surface area contributed by atoms with Crippen molar-refractivity contribution in [3.05, 3.63) is 39.1 Å². The van der Waals surface area contributed by atoms with E-state index in [9.17, 15) is 0 Å². The van der Waals surface area contributed by atoms with Gasteiger partial charge in [0, 0.05) is 12.6 Å². The molecule has 0 radical (unpaired) electrons. The summed E-state index contributed by atoms with van der Waals surface area (Å²) in [6, 6.07) is 8.30. The van der Waals surface area contributed by atoms with Crippen molar-refractivity contribution in [2.24, 2.45) is 0 Å². The highest BCUT2D eigenvalue weighted by Gasteiger charge is 2.11. The van der Waals surface area contributed by atoms with Gasteiger partial charge in [-0.25, -0.2) is 9.97 Å². The minimum atomic E-state index is 0.801. The van der Waals surface area contributed by atoms with Crippen LogP contribution in [0.3, 0.4) is 0 Å². The Bertz CT molecular complexity index is 567. The normalized spacial score (nSPS) is 10.4. The zero-order chi connectivity index (χ0) is 13.1. The van der Waals surface area contributed by atoms with Gasteiger partial charge < -0.3 is 5.32 Å². The van der Waals surface area contributed by atoms with Gasteiger partial charge in [0.25, 0.3) is 0 Å². The molecule has 2 aromatic rings. The molecule has 1 aromatic heterocycles. The smallest absolute Gasteiger partial charge is 0.162 e. The van der Waals surface area contributed by atoms with Crippen LogP contribution in [-0.2, 0) is 6.42 Å². The van der Waals surface area contributed by atoms with Gasteiger partial charge in [-0.2, -0.15) is 0 Å². The Morgan fingerprint density at radius 2 is 1.94 bits per heavy atom. The Labute approximate surface area is 121 Å². The Morgan fingerprint density at radius 3 is 2.61 bits per heavy atom. The van der Waals surface area contributed by atoms with Crippen LogP contribution in [0.4, 0.5) is 5.82 Å². The molecule has 0 saturated carbocycles. The summed E-state index contributed by atoms with van der Waals surface area (Å²) in [5.74, 6) is 1.69. The van der Waals surface area contributed by atoms with Gasteiger partial charge in [-0.1, -0.05) is 31.2 Å². The SMILES string of the molecule is CCc1ccccc1-c1nc(C)c(I)c(NC)n1. The minimum Gasteiger partial charge on any atom is -0.372 e. The number of anilines is 1. The van der Waals surface area contributed by atoms with E-state index in [1.807, 2.05) is 20.0 Å². The summed E-state index contributed by atoms with van der Waals surface area (Å²) >= 11 is 2.27. The number of benzene rings is 1. The highest BCUT2D eigenvalue weighted by molar-refractivity contribution is 14.1. The summed E-state index contributed by atoms with van der Waals surface area (Å²) in [5, 5.41) is 3.13. The van der Waals surface area contributed by atoms with Gasteiger partial charge in [0.2, 0.25) is 0 Å². The largest absolute Gasteiger partial charge is 0.372 e. The molecule has 0 saturated heterocycles. The van der Waals surface area contributed by atoms with E-state index in [-0.39, 0.29) is 0 Å². The van der Waals surface area contributed by atoms with Crippen LogP contribution in [0.15, 0.2) is 24.3 Å². The van der Waals surface area contributed by atoms with Crippen molar-refractivity contribution in [2.75, 3.05) is 12.4 Å². The van der Waals surface area contributed by atoms with E-state index in [1.54, 1.807) is 0 Å². The molecule has 0 unspecified atom stereocenters. The molecule has 2 rings (SSSR count). The molecule has 0 spiro atoms. The van der Waals surface area contributed by atoms with Crippen molar-refractivity contribution in [1.82, 2.24) is 9.97 Å². The number of hydrogen-bond acceptors (Lipinski definition) is 3. The monoisotopic (exact) mass is 353 g/mol. The zero-order valence-electron chi connectivity index (χ0n) is 10.8. The van der Waals surface area contributed by atoms with Crippen molar-refractivity contribution in [1.29, 1.82) is 0 Å².